The first-order valence-corrected chi connectivity index (χ1v) is 7.30. The Kier molecular flexibility index (Phi) is 5.26. The van der Waals surface area contributed by atoms with Crippen molar-refractivity contribution in [1.82, 2.24) is 10.2 Å². The first kappa shape index (κ1) is 13.3. The third-order valence-electron chi connectivity index (χ3n) is 4.64. The number of hydrogen-bond donors (Lipinski definition) is 1. The molecule has 100 valence electrons. The molecule has 0 spiro atoms. The van der Waals surface area contributed by atoms with E-state index in [9.17, 15) is 0 Å². The molecule has 3 atom stereocenters. The minimum absolute atomic E-state index is 0.737. The van der Waals surface area contributed by atoms with Gasteiger partial charge in [-0.3, -0.25) is 4.90 Å². The smallest absolute Gasteiger partial charge is 0.0594 e. The monoisotopic (exact) mass is 240 g/mol. The van der Waals surface area contributed by atoms with Crippen molar-refractivity contribution in [3.05, 3.63) is 0 Å². The van der Waals surface area contributed by atoms with Gasteiger partial charge in [-0.05, 0) is 38.1 Å². The average Bonchev–Trinajstić information content (AvgIpc) is 2.40. The molecule has 0 aromatic heterocycles. The van der Waals surface area contributed by atoms with Crippen molar-refractivity contribution in [2.75, 3.05) is 39.9 Å². The van der Waals surface area contributed by atoms with Crippen molar-refractivity contribution in [2.45, 2.75) is 38.6 Å². The Morgan fingerprint density at radius 1 is 1.24 bits per heavy atom. The predicted octanol–water partition coefficient (Wildman–Crippen LogP) is 1.73. The fourth-order valence-corrected chi connectivity index (χ4v) is 3.43. The topological polar surface area (TPSA) is 24.5 Å². The molecule has 1 N–H and O–H groups in total. The molecule has 0 aromatic rings. The molecule has 2 aliphatic rings. The van der Waals surface area contributed by atoms with E-state index >= 15 is 0 Å². The second kappa shape index (κ2) is 6.72. The fourth-order valence-electron chi connectivity index (χ4n) is 3.43. The van der Waals surface area contributed by atoms with Crippen LogP contribution in [0, 0.1) is 11.8 Å². The van der Waals surface area contributed by atoms with Crippen molar-refractivity contribution >= 4 is 0 Å². The van der Waals surface area contributed by atoms with E-state index in [1.807, 2.05) is 0 Å². The summed E-state index contributed by atoms with van der Waals surface area (Å²) in [6.07, 6.45) is 5.56. The summed E-state index contributed by atoms with van der Waals surface area (Å²) in [7, 11) is 2.13. The first-order chi connectivity index (χ1) is 8.33. The number of nitrogens with one attached hydrogen (secondary N) is 1. The molecule has 1 saturated heterocycles. The minimum Gasteiger partial charge on any atom is -0.379 e. The number of ether oxygens (including phenoxy) is 1. The lowest BCUT2D eigenvalue weighted by molar-refractivity contribution is 0.0216. The maximum atomic E-state index is 5.43. The first-order valence-electron chi connectivity index (χ1n) is 7.30. The molecular weight excluding hydrogens is 212 g/mol. The predicted molar refractivity (Wildman–Crippen MR) is 71.2 cm³/mol. The van der Waals surface area contributed by atoms with Crippen LogP contribution in [0.15, 0.2) is 0 Å². The Balaban J connectivity index is 1.85. The van der Waals surface area contributed by atoms with Gasteiger partial charge in [0.2, 0.25) is 0 Å². The number of rotatable bonds is 4. The molecule has 1 aliphatic carbocycles. The summed E-state index contributed by atoms with van der Waals surface area (Å²) >= 11 is 0. The maximum absolute atomic E-state index is 5.43. The second-order valence-electron chi connectivity index (χ2n) is 5.66. The van der Waals surface area contributed by atoms with E-state index < -0.39 is 0 Å². The van der Waals surface area contributed by atoms with Gasteiger partial charge in [0.05, 0.1) is 13.2 Å². The third-order valence-corrected chi connectivity index (χ3v) is 4.64. The van der Waals surface area contributed by atoms with Crippen LogP contribution in [0.2, 0.25) is 0 Å². The molecule has 3 unspecified atom stereocenters. The summed E-state index contributed by atoms with van der Waals surface area (Å²) in [5.41, 5.74) is 0. The Bertz CT molecular complexity index is 216. The lowest BCUT2D eigenvalue weighted by atomic mass is 9.76. The van der Waals surface area contributed by atoms with Gasteiger partial charge in [0.1, 0.15) is 0 Å². The Morgan fingerprint density at radius 2 is 2.00 bits per heavy atom. The normalized spacial score (nSPS) is 36.0. The van der Waals surface area contributed by atoms with E-state index in [1.165, 1.54) is 32.2 Å². The molecule has 2 rings (SSSR count). The van der Waals surface area contributed by atoms with Crippen LogP contribution in [0.5, 0.6) is 0 Å². The molecule has 0 radical (unpaired) electrons. The average molecular weight is 240 g/mol. The van der Waals surface area contributed by atoms with Crippen LogP contribution < -0.4 is 5.32 Å². The van der Waals surface area contributed by atoms with Crippen molar-refractivity contribution in [3.63, 3.8) is 0 Å². The minimum atomic E-state index is 0.737. The van der Waals surface area contributed by atoms with Crippen LogP contribution in [0.1, 0.15) is 32.6 Å². The molecule has 1 heterocycles. The SMILES string of the molecule is CCC1CCC(NC)C(CN2CCOCC2)C1. The van der Waals surface area contributed by atoms with Crippen LogP contribution in [0.3, 0.4) is 0 Å². The Hall–Kier alpha value is -0.120. The van der Waals surface area contributed by atoms with E-state index in [2.05, 4.69) is 24.2 Å². The zero-order chi connectivity index (χ0) is 12.1. The molecule has 1 aliphatic heterocycles. The summed E-state index contributed by atoms with van der Waals surface area (Å²) in [5, 5.41) is 3.53. The van der Waals surface area contributed by atoms with Crippen LogP contribution in [-0.4, -0.2) is 50.8 Å². The van der Waals surface area contributed by atoms with Gasteiger partial charge >= 0.3 is 0 Å². The van der Waals surface area contributed by atoms with Crippen LogP contribution in [-0.2, 0) is 4.74 Å². The molecule has 3 heteroatoms. The van der Waals surface area contributed by atoms with Crippen molar-refractivity contribution in [1.29, 1.82) is 0 Å². The quantitative estimate of drug-likeness (QED) is 0.810. The highest BCUT2D eigenvalue weighted by molar-refractivity contribution is 4.86. The molecule has 0 aromatic carbocycles. The maximum Gasteiger partial charge on any atom is 0.0594 e. The zero-order valence-corrected chi connectivity index (χ0v) is 11.5. The molecule has 3 nitrogen and oxygen atoms in total. The van der Waals surface area contributed by atoms with E-state index in [0.717, 1.165) is 44.2 Å². The lowest BCUT2D eigenvalue weighted by Crippen LogP contribution is -2.47. The Labute approximate surface area is 106 Å². The highest BCUT2D eigenvalue weighted by Gasteiger charge is 2.30. The fraction of sp³-hybridized carbons (Fsp3) is 1.00. The van der Waals surface area contributed by atoms with Gasteiger partial charge in [-0.1, -0.05) is 13.3 Å². The van der Waals surface area contributed by atoms with Gasteiger partial charge in [-0.25, -0.2) is 0 Å². The van der Waals surface area contributed by atoms with Gasteiger partial charge in [0, 0.05) is 25.7 Å². The van der Waals surface area contributed by atoms with Crippen molar-refractivity contribution in [2.24, 2.45) is 11.8 Å². The standard InChI is InChI=1S/C14H28N2O/c1-3-12-4-5-14(15-2)13(10-12)11-16-6-8-17-9-7-16/h12-15H,3-11H2,1-2H3. The highest BCUT2D eigenvalue weighted by atomic mass is 16.5. The molecule has 0 bridgehead atoms. The number of morpholine rings is 1. The summed E-state index contributed by atoms with van der Waals surface area (Å²) in [4.78, 5) is 2.59. The van der Waals surface area contributed by atoms with Crippen molar-refractivity contribution in [3.8, 4) is 0 Å². The lowest BCUT2D eigenvalue weighted by Gasteiger charge is -2.39. The van der Waals surface area contributed by atoms with E-state index in [0.29, 0.717) is 0 Å². The summed E-state index contributed by atoms with van der Waals surface area (Å²) in [6.45, 7) is 7.72. The zero-order valence-electron chi connectivity index (χ0n) is 11.5. The van der Waals surface area contributed by atoms with E-state index in [1.54, 1.807) is 0 Å². The largest absolute Gasteiger partial charge is 0.379 e. The summed E-state index contributed by atoms with van der Waals surface area (Å²) in [6, 6.07) is 0.737. The number of hydrogen-bond acceptors (Lipinski definition) is 3. The van der Waals surface area contributed by atoms with Gasteiger partial charge in [-0.15, -0.1) is 0 Å². The molecule has 1 saturated carbocycles. The molecule has 2 fully saturated rings. The van der Waals surface area contributed by atoms with Gasteiger partial charge in [0.15, 0.2) is 0 Å². The molecule has 17 heavy (non-hydrogen) atoms. The third kappa shape index (κ3) is 3.67. The second-order valence-corrected chi connectivity index (χ2v) is 5.66. The van der Waals surface area contributed by atoms with Crippen molar-refractivity contribution < 1.29 is 4.74 Å². The number of nitrogens with zero attached hydrogens (tertiary/aromatic N) is 1. The van der Waals surface area contributed by atoms with Crippen LogP contribution in [0.4, 0.5) is 0 Å². The summed E-state index contributed by atoms with van der Waals surface area (Å²) < 4.78 is 5.43. The van der Waals surface area contributed by atoms with E-state index in [-0.39, 0.29) is 0 Å². The van der Waals surface area contributed by atoms with Gasteiger partial charge in [-0.2, -0.15) is 0 Å². The van der Waals surface area contributed by atoms with Gasteiger partial charge < -0.3 is 10.1 Å². The Morgan fingerprint density at radius 3 is 2.65 bits per heavy atom. The highest BCUT2D eigenvalue weighted by Crippen LogP contribution is 2.31. The van der Waals surface area contributed by atoms with Crippen LogP contribution >= 0.6 is 0 Å². The molecular formula is C14H28N2O. The van der Waals surface area contributed by atoms with Gasteiger partial charge in [0.25, 0.3) is 0 Å². The summed E-state index contributed by atoms with van der Waals surface area (Å²) in [5.74, 6) is 1.81. The molecule has 0 amide bonds. The van der Waals surface area contributed by atoms with Crippen LogP contribution in [0.25, 0.3) is 0 Å². The van der Waals surface area contributed by atoms with E-state index in [4.69, 9.17) is 4.74 Å².